The Balaban J connectivity index is 1.80. The number of hydrogen-bond acceptors (Lipinski definition) is 4. The predicted octanol–water partition coefficient (Wildman–Crippen LogP) is 5.34. The van der Waals surface area contributed by atoms with Gasteiger partial charge in [0.1, 0.15) is 0 Å². The minimum atomic E-state index is -0.363. The van der Waals surface area contributed by atoms with Crippen molar-refractivity contribution in [3.05, 3.63) is 81.9 Å². The largest absolute Gasteiger partial charge is 0.299 e. The number of nitro benzene ring substituents is 1. The van der Waals surface area contributed by atoms with E-state index >= 15 is 0 Å². The first-order valence-corrected chi connectivity index (χ1v) is 9.96. The maximum absolute atomic E-state index is 11.0. The van der Waals surface area contributed by atoms with Crippen molar-refractivity contribution in [2.45, 2.75) is 19.9 Å². The molecule has 5 nitrogen and oxygen atoms in total. The van der Waals surface area contributed by atoms with Crippen molar-refractivity contribution in [3.63, 3.8) is 0 Å². The molecule has 0 atom stereocenters. The molecule has 2 heterocycles. The van der Waals surface area contributed by atoms with E-state index in [0.29, 0.717) is 0 Å². The van der Waals surface area contributed by atoms with Crippen LogP contribution in [0.3, 0.4) is 0 Å². The summed E-state index contributed by atoms with van der Waals surface area (Å²) in [6.45, 7) is 5.06. The van der Waals surface area contributed by atoms with Crippen molar-refractivity contribution in [1.82, 2.24) is 9.88 Å². The molecule has 0 bridgehead atoms. The summed E-state index contributed by atoms with van der Waals surface area (Å²) < 4.78 is 0. The summed E-state index contributed by atoms with van der Waals surface area (Å²) in [4.78, 5) is 18.2. The van der Waals surface area contributed by atoms with E-state index in [-0.39, 0.29) is 10.6 Å². The third kappa shape index (κ3) is 2.95. The molecule has 0 radical (unpaired) electrons. The van der Waals surface area contributed by atoms with Gasteiger partial charge in [0.2, 0.25) is 0 Å². The molecule has 0 unspecified atom stereocenters. The van der Waals surface area contributed by atoms with Crippen molar-refractivity contribution >= 4 is 27.4 Å². The van der Waals surface area contributed by atoms with Crippen LogP contribution >= 0.6 is 0 Å². The van der Waals surface area contributed by atoms with E-state index in [2.05, 4.69) is 48.2 Å². The van der Waals surface area contributed by atoms with Gasteiger partial charge in [-0.1, -0.05) is 37.3 Å². The maximum atomic E-state index is 11.0. The molecular formula is C24H21N3O2. The first kappa shape index (κ1) is 17.8. The van der Waals surface area contributed by atoms with Crippen LogP contribution in [0.4, 0.5) is 5.69 Å². The molecule has 0 fully saturated rings. The van der Waals surface area contributed by atoms with E-state index in [9.17, 15) is 10.1 Å². The maximum Gasteiger partial charge on any atom is 0.269 e. The first-order valence-electron chi connectivity index (χ1n) is 9.96. The van der Waals surface area contributed by atoms with Gasteiger partial charge in [-0.05, 0) is 53.1 Å². The highest BCUT2D eigenvalue weighted by Gasteiger charge is 2.24. The Labute approximate surface area is 168 Å². The first-order chi connectivity index (χ1) is 14.2. The lowest BCUT2D eigenvalue weighted by atomic mass is 9.89. The van der Waals surface area contributed by atoms with Gasteiger partial charge < -0.3 is 0 Å². The van der Waals surface area contributed by atoms with Gasteiger partial charge in [0.05, 0.1) is 16.1 Å². The van der Waals surface area contributed by atoms with E-state index in [1.165, 1.54) is 27.3 Å². The van der Waals surface area contributed by atoms with E-state index in [1.54, 1.807) is 12.1 Å². The van der Waals surface area contributed by atoms with Crippen molar-refractivity contribution in [2.75, 3.05) is 13.1 Å². The minimum absolute atomic E-state index is 0.101. The smallest absolute Gasteiger partial charge is 0.269 e. The zero-order chi connectivity index (χ0) is 20.0. The van der Waals surface area contributed by atoms with Crippen LogP contribution in [0, 0.1) is 10.1 Å². The highest BCUT2D eigenvalue weighted by atomic mass is 16.6. The molecule has 144 valence electrons. The second kappa shape index (κ2) is 6.94. The van der Waals surface area contributed by atoms with Gasteiger partial charge in [-0.2, -0.15) is 0 Å². The van der Waals surface area contributed by atoms with E-state index in [1.807, 2.05) is 12.1 Å². The molecule has 3 aromatic carbocycles. The van der Waals surface area contributed by atoms with Crippen LogP contribution in [0.2, 0.25) is 0 Å². The Hall–Kier alpha value is -3.31. The molecule has 0 spiro atoms. The van der Waals surface area contributed by atoms with Gasteiger partial charge in [-0.3, -0.25) is 15.0 Å². The molecule has 0 saturated heterocycles. The molecule has 0 amide bonds. The Morgan fingerprint density at radius 2 is 1.83 bits per heavy atom. The van der Waals surface area contributed by atoms with Gasteiger partial charge in [0, 0.05) is 36.2 Å². The number of nitro groups is 1. The highest BCUT2D eigenvalue weighted by Crippen LogP contribution is 2.37. The summed E-state index contributed by atoms with van der Waals surface area (Å²) in [5.74, 6) is 0. The van der Waals surface area contributed by atoms with Crippen LogP contribution in [-0.2, 0) is 13.0 Å². The lowest BCUT2D eigenvalue weighted by molar-refractivity contribution is -0.384. The van der Waals surface area contributed by atoms with Gasteiger partial charge in [0.15, 0.2) is 0 Å². The van der Waals surface area contributed by atoms with Crippen LogP contribution in [0.5, 0.6) is 0 Å². The fraction of sp³-hybridized carbons (Fsp3) is 0.208. The SMILES string of the molecule is CCN1CCc2c(c(-c3ccc([N+](=O)[O-])cc3)nc3ccc4ccccc4c23)C1. The minimum Gasteiger partial charge on any atom is -0.299 e. The van der Waals surface area contributed by atoms with Gasteiger partial charge in [-0.25, -0.2) is 4.98 Å². The lowest BCUT2D eigenvalue weighted by Gasteiger charge is -2.30. The molecule has 0 saturated carbocycles. The Morgan fingerprint density at radius 1 is 1.03 bits per heavy atom. The zero-order valence-corrected chi connectivity index (χ0v) is 16.3. The van der Waals surface area contributed by atoms with Crippen molar-refractivity contribution in [2.24, 2.45) is 0 Å². The number of aromatic nitrogens is 1. The monoisotopic (exact) mass is 383 g/mol. The Kier molecular flexibility index (Phi) is 4.25. The average Bonchev–Trinajstić information content (AvgIpc) is 2.77. The topological polar surface area (TPSA) is 59.3 Å². The fourth-order valence-electron chi connectivity index (χ4n) is 4.42. The molecule has 4 aromatic rings. The summed E-state index contributed by atoms with van der Waals surface area (Å²) >= 11 is 0. The second-order valence-electron chi connectivity index (χ2n) is 7.52. The predicted molar refractivity (Wildman–Crippen MR) is 116 cm³/mol. The Bertz CT molecular complexity index is 1250. The highest BCUT2D eigenvalue weighted by molar-refractivity contribution is 6.09. The van der Waals surface area contributed by atoms with Crippen molar-refractivity contribution in [1.29, 1.82) is 0 Å². The molecule has 29 heavy (non-hydrogen) atoms. The summed E-state index contributed by atoms with van der Waals surface area (Å²) in [5, 5.41) is 14.8. The fourth-order valence-corrected chi connectivity index (χ4v) is 4.42. The summed E-state index contributed by atoms with van der Waals surface area (Å²) in [7, 11) is 0. The molecule has 1 aliphatic rings. The van der Waals surface area contributed by atoms with Crippen LogP contribution < -0.4 is 0 Å². The van der Waals surface area contributed by atoms with Gasteiger partial charge in [-0.15, -0.1) is 0 Å². The summed E-state index contributed by atoms with van der Waals surface area (Å²) in [6.07, 6.45) is 0.982. The number of pyridine rings is 1. The zero-order valence-electron chi connectivity index (χ0n) is 16.3. The number of non-ortho nitro benzene ring substituents is 1. The normalized spacial score (nSPS) is 14.2. The quantitative estimate of drug-likeness (QED) is 0.272. The van der Waals surface area contributed by atoms with Crippen molar-refractivity contribution in [3.8, 4) is 11.3 Å². The standard InChI is InChI=1S/C24H21N3O2/c1-2-26-14-13-20-21(15-26)24(17-7-10-18(11-8-17)27(28)29)25-22-12-9-16-5-3-4-6-19(16)23(20)22/h3-12H,2,13-15H2,1H3. The number of hydrogen-bond donors (Lipinski definition) is 0. The van der Waals surface area contributed by atoms with Gasteiger partial charge in [0.25, 0.3) is 5.69 Å². The van der Waals surface area contributed by atoms with E-state index in [4.69, 9.17) is 4.98 Å². The third-order valence-electron chi connectivity index (χ3n) is 5.95. The van der Waals surface area contributed by atoms with Crippen LogP contribution in [0.1, 0.15) is 18.1 Å². The number of nitrogens with zero attached hydrogens (tertiary/aromatic N) is 3. The van der Waals surface area contributed by atoms with Gasteiger partial charge >= 0.3 is 0 Å². The van der Waals surface area contributed by atoms with Crippen molar-refractivity contribution < 1.29 is 4.92 Å². The number of fused-ring (bicyclic) bond motifs is 5. The molecule has 0 N–H and O–H groups in total. The number of rotatable bonds is 3. The molecule has 0 aliphatic carbocycles. The number of benzene rings is 3. The second-order valence-corrected chi connectivity index (χ2v) is 7.52. The number of likely N-dealkylation sites (N-methyl/N-ethyl adjacent to an activating group) is 1. The molecule has 5 heteroatoms. The van der Waals surface area contributed by atoms with E-state index in [0.717, 1.165) is 42.8 Å². The third-order valence-corrected chi connectivity index (χ3v) is 5.95. The summed E-state index contributed by atoms with van der Waals surface area (Å²) in [5.41, 5.74) is 5.57. The van der Waals surface area contributed by atoms with Crippen LogP contribution in [-0.4, -0.2) is 27.9 Å². The summed E-state index contributed by atoms with van der Waals surface area (Å²) in [6, 6.07) is 19.5. The molecule has 1 aromatic heterocycles. The van der Waals surface area contributed by atoms with Crippen LogP contribution in [0.15, 0.2) is 60.7 Å². The lowest BCUT2D eigenvalue weighted by Crippen LogP contribution is -2.31. The average molecular weight is 383 g/mol. The molecule has 1 aliphatic heterocycles. The molecule has 5 rings (SSSR count). The Morgan fingerprint density at radius 3 is 2.59 bits per heavy atom. The van der Waals surface area contributed by atoms with E-state index < -0.39 is 0 Å². The van der Waals surface area contributed by atoms with Crippen LogP contribution in [0.25, 0.3) is 32.9 Å². The molecular weight excluding hydrogens is 362 g/mol.